The molecule has 0 N–H and O–H groups in total. The molecule has 244 valence electrons. The van der Waals surface area contributed by atoms with E-state index >= 15 is 0 Å². The highest BCUT2D eigenvalue weighted by Crippen LogP contribution is 2.16. The minimum atomic E-state index is -0.700. The van der Waals surface area contributed by atoms with Crippen molar-refractivity contribution >= 4 is 24.4 Å². The van der Waals surface area contributed by atoms with E-state index in [0.717, 1.165) is 0 Å². The van der Waals surface area contributed by atoms with Gasteiger partial charge in [0.15, 0.2) is 0 Å². The molecule has 1 saturated heterocycles. The van der Waals surface area contributed by atoms with Gasteiger partial charge in [0.05, 0.1) is 0 Å². The number of ether oxygens (including phenoxy) is 4. The molecule has 1 heterocycles. The van der Waals surface area contributed by atoms with Crippen LogP contribution in [0.15, 0.2) is 0 Å². The normalized spacial score (nSPS) is 17.2. The fourth-order valence-electron chi connectivity index (χ4n) is 3.87. The minimum absolute atomic E-state index is 0.205. The van der Waals surface area contributed by atoms with Gasteiger partial charge >= 0.3 is 24.4 Å². The van der Waals surface area contributed by atoms with Gasteiger partial charge in [-0.1, -0.05) is 0 Å². The SMILES string of the molecule is CC(C)(C)OC(=O)N1CCCN(C(=O)OC(C)(C)C)CCN(C(=O)OC(C)(C)C)CCCN(C(=O)OC(C)(C)C)CC1. The van der Waals surface area contributed by atoms with Gasteiger partial charge in [0.25, 0.3) is 0 Å². The first-order chi connectivity index (χ1) is 19.0. The Morgan fingerprint density at radius 3 is 0.667 bits per heavy atom. The molecule has 0 spiro atoms. The van der Waals surface area contributed by atoms with Crippen LogP contribution in [0.25, 0.3) is 0 Å². The van der Waals surface area contributed by atoms with Gasteiger partial charge in [-0.2, -0.15) is 0 Å². The van der Waals surface area contributed by atoms with Gasteiger partial charge in [-0.05, 0) is 95.9 Å². The first-order valence-corrected chi connectivity index (χ1v) is 14.9. The molecule has 0 unspecified atom stereocenters. The largest absolute Gasteiger partial charge is 0.444 e. The topological polar surface area (TPSA) is 118 Å². The number of carbonyl (C=O) groups is 4. The van der Waals surface area contributed by atoms with Gasteiger partial charge in [-0.25, -0.2) is 19.2 Å². The summed E-state index contributed by atoms with van der Waals surface area (Å²) in [6.07, 6.45) is -1.15. The lowest BCUT2D eigenvalue weighted by Crippen LogP contribution is -2.48. The summed E-state index contributed by atoms with van der Waals surface area (Å²) in [7, 11) is 0. The van der Waals surface area contributed by atoms with Crippen molar-refractivity contribution in [1.82, 2.24) is 19.6 Å². The van der Waals surface area contributed by atoms with Gasteiger partial charge in [0, 0.05) is 52.4 Å². The standard InChI is InChI=1S/C30H56N4O8/c1-27(2,3)39-23(35)31-15-13-16-33(25(37)41-29(7,8)9)21-22-34(26(38)42-30(10,11)12)18-14-17-32(20-19-31)24(36)40-28(4,5)6/h13-22H2,1-12H3. The molecule has 0 bridgehead atoms. The van der Waals surface area contributed by atoms with Gasteiger partial charge in [-0.3, -0.25) is 0 Å². The van der Waals surface area contributed by atoms with Crippen molar-refractivity contribution in [3.63, 3.8) is 0 Å². The summed E-state index contributed by atoms with van der Waals surface area (Å²) < 4.78 is 22.5. The third-order valence-corrected chi connectivity index (χ3v) is 5.60. The van der Waals surface area contributed by atoms with E-state index in [-0.39, 0.29) is 52.4 Å². The fraction of sp³-hybridized carbons (Fsp3) is 0.867. The Balaban J connectivity index is 3.31. The van der Waals surface area contributed by atoms with E-state index in [9.17, 15) is 19.2 Å². The third kappa shape index (κ3) is 15.9. The van der Waals surface area contributed by atoms with Crippen molar-refractivity contribution in [3.05, 3.63) is 0 Å². The molecule has 1 aliphatic heterocycles. The highest BCUT2D eigenvalue weighted by Gasteiger charge is 2.29. The number of amides is 4. The van der Waals surface area contributed by atoms with Crippen LogP contribution >= 0.6 is 0 Å². The van der Waals surface area contributed by atoms with Crippen LogP contribution in [-0.2, 0) is 18.9 Å². The monoisotopic (exact) mass is 600 g/mol. The molecule has 12 heteroatoms. The van der Waals surface area contributed by atoms with Crippen molar-refractivity contribution < 1.29 is 38.1 Å². The van der Waals surface area contributed by atoms with Crippen LogP contribution in [0.3, 0.4) is 0 Å². The van der Waals surface area contributed by atoms with E-state index in [4.69, 9.17) is 18.9 Å². The van der Waals surface area contributed by atoms with Crippen LogP contribution in [0.1, 0.15) is 95.9 Å². The number of carbonyl (C=O) groups excluding carboxylic acids is 4. The van der Waals surface area contributed by atoms with Crippen LogP contribution < -0.4 is 0 Å². The molecule has 0 saturated carbocycles. The minimum Gasteiger partial charge on any atom is -0.444 e. The van der Waals surface area contributed by atoms with Gasteiger partial charge in [0.2, 0.25) is 0 Å². The van der Waals surface area contributed by atoms with Crippen molar-refractivity contribution in [2.45, 2.75) is 118 Å². The zero-order chi connectivity index (χ0) is 32.5. The Labute approximate surface area is 252 Å². The average molecular weight is 601 g/mol. The first-order valence-electron chi connectivity index (χ1n) is 14.9. The highest BCUT2D eigenvalue weighted by molar-refractivity contribution is 5.70. The Morgan fingerprint density at radius 2 is 0.524 bits per heavy atom. The summed E-state index contributed by atoms with van der Waals surface area (Å²) in [5.74, 6) is 0. The molecule has 1 fully saturated rings. The molecule has 0 atom stereocenters. The maximum absolute atomic E-state index is 13.1. The lowest BCUT2D eigenvalue weighted by atomic mass is 10.2. The molecular weight excluding hydrogens is 544 g/mol. The molecule has 1 aliphatic rings. The quantitative estimate of drug-likeness (QED) is 0.324. The van der Waals surface area contributed by atoms with Crippen LogP contribution in [0.5, 0.6) is 0 Å². The van der Waals surface area contributed by atoms with Crippen molar-refractivity contribution in [1.29, 1.82) is 0 Å². The summed E-state index contributed by atoms with van der Waals surface area (Å²) in [5.41, 5.74) is -2.80. The van der Waals surface area contributed by atoms with Crippen LogP contribution in [0.2, 0.25) is 0 Å². The van der Waals surface area contributed by atoms with Crippen molar-refractivity contribution in [3.8, 4) is 0 Å². The van der Waals surface area contributed by atoms with E-state index < -0.39 is 46.8 Å². The third-order valence-electron chi connectivity index (χ3n) is 5.60. The van der Waals surface area contributed by atoms with E-state index in [2.05, 4.69) is 0 Å². The number of hydrogen-bond donors (Lipinski definition) is 0. The first kappa shape index (κ1) is 37.1. The highest BCUT2D eigenvalue weighted by atomic mass is 16.6. The predicted molar refractivity (Wildman–Crippen MR) is 160 cm³/mol. The van der Waals surface area contributed by atoms with Crippen molar-refractivity contribution in [2.75, 3.05) is 52.4 Å². The molecule has 0 aliphatic carbocycles. The smallest absolute Gasteiger partial charge is 0.410 e. The lowest BCUT2D eigenvalue weighted by molar-refractivity contribution is 0.00619. The molecule has 0 aromatic heterocycles. The Bertz CT molecular complexity index is 766. The second kappa shape index (κ2) is 15.0. The van der Waals surface area contributed by atoms with Gasteiger partial charge in [-0.15, -0.1) is 0 Å². The second-order valence-electron chi connectivity index (χ2n) is 14.6. The van der Waals surface area contributed by atoms with Crippen molar-refractivity contribution in [2.24, 2.45) is 0 Å². The second-order valence-corrected chi connectivity index (χ2v) is 14.6. The molecule has 0 radical (unpaired) electrons. The molecule has 0 aromatic carbocycles. The molecule has 4 amide bonds. The maximum atomic E-state index is 13.1. The summed E-state index contributed by atoms with van der Waals surface area (Å²) in [6, 6.07) is 0. The predicted octanol–water partition coefficient (Wildman–Crippen LogP) is 5.73. The van der Waals surface area contributed by atoms with E-state index in [0.29, 0.717) is 12.8 Å². The van der Waals surface area contributed by atoms with E-state index in [1.807, 2.05) is 0 Å². The fourth-order valence-corrected chi connectivity index (χ4v) is 3.87. The van der Waals surface area contributed by atoms with Gasteiger partial charge in [0.1, 0.15) is 22.4 Å². The maximum Gasteiger partial charge on any atom is 0.410 e. The Hall–Kier alpha value is -2.92. The van der Waals surface area contributed by atoms with E-state index in [1.54, 1.807) is 103 Å². The van der Waals surface area contributed by atoms with Crippen LogP contribution in [0, 0.1) is 0 Å². The summed E-state index contributed by atoms with van der Waals surface area (Å²) in [5, 5.41) is 0. The summed E-state index contributed by atoms with van der Waals surface area (Å²) >= 11 is 0. The molecule has 0 aromatic rings. The molecular formula is C30H56N4O8. The van der Waals surface area contributed by atoms with Crippen LogP contribution in [0.4, 0.5) is 19.2 Å². The number of hydrogen-bond acceptors (Lipinski definition) is 8. The number of nitrogens with zero attached hydrogens (tertiary/aromatic N) is 4. The zero-order valence-electron chi connectivity index (χ0n) is 28.1. The Kier molecular flexibility index (Phi) is 13.3. The number of rotatable bonds is 0. The Morgan fingerprint density at radius 1 is 0.357 bits per heavy atom. The summed E-state index contributed by atoms with van der Waals surface area (Å²) in [4.78, 5) is 58.6. The summed E-state index contributed by atoms with van der Waals surface area (Å²) in [6.45, 7) is 23.5. The van der Waals surface area contributed by atoms with E-state index in [1.165, 1.54) is 0 Å². The zero-order valence-corrected chi connectivity index (χ0v) is 28.1. The molecule has 1 rings (SSSR count). The molecule has 42 heavy (non-hydrogen) atoms. The van der Waals surface area contributed by atoms with Crippen LogP contribution in [-0.4, -0.2) is 119 Å². The average Bonchev–Trinajstić information content (AvgIpc) is 2.74. The molecule has 12 nitrogen and oxygen atoms in total. The van der Waals surface area contributed by atoms with Gasteiger partial charge < -0.3 is 38.5 Å². The lowest BCUT2D eigenvalue weighted by Gasteiger charge is -2.34.